The molecule has 0 fully saturated rings. The van der Waals surface area contributed by atoms with E-state index in [2.05, 4.69) is 5.32 Å². The van der Waals surface area contributed by atoms with E-state index in [1.807, 2.05) is 38.2 Å². The Bertz CT molecular complexity index is 323. The average Bonchev–Trinajstić information content (AvgIpc) is 2.27. The lowest BCUT2D eigenvalue weighted by Crippen LogP contribution is -2.31. The fourth-order valence-corrected chi connectivity index (χ4v) is 1.74. The average molecular weight is 223 g/mol. The molecule has 1 aromatic carbocycles. The number of ether oxygens (including phenoxy) is 1. The summed E-state index contributed by atoms with van der Waals surface area (Å²) in [5.74, 6) is 0.840. The molecular weight excluding hydrogens is 202 g/mol. The van der Waals surface area contributed by atoms with Crippen LogP contribution < -0.4 is 10.1 Å². The summed E-state index contributed by atoms with van der Waals surface area (Å²) in [6.45, 7) is 2.67. The van der Waals surface area contributed by atoms with Crippen LogP contribution in [-0.4, -0.2) is 31.4 Å². The van der Waals surface area contributed by atoms with Gasteiger partial charge in [0, 0.05) is 6.42 Å². The third kappa shape index (κ3) is 3.83. The highest BCUT2D eigenvalue weighted by Gasteiger charge is 2.21. The van der Waals surface area contributed by atoms with Crippen molar-refractivity contribution in [1.29, 1.82) is 0 Å². The third-order valence-electron chi connectivity index (χ3n) is 2.68. The van der Waals surface area contributed by atoms with Gasteiger partial charge in [-0.3, -0.25) is 0 Å². The Hall–Kier alpha value is -1.06. The second-order valence-electron chi connectivity index (χ2n) is 4.34. The van der Waals surface area contributed by atoms with Crippen molar-refractivity contribution >= 4 is 0 Å². The second-order valence-corrected chi connectivity index (χ2v) is 4.34. The molecule has 0 aliphatic heterocycles. The van der Waals surface area contributed by atoms with Gasteiger partial charge in [0.25, 0.3) is 0 Å². The lowest BCUT2D eigenvalue weighted by molar-refractivity contribution is 0.0514. The highest BCUT2D eigenvalue weighted by Crippen LogP contribution is 2.24. The van der Waals surface area contributed by atoms with Crippen LogP contribution in [0.15, 0.2) is 24.3 Å². The molecule has 0 amide bonds. The van der Waals surface area contributed by atoms with Gasteiger partial charge in [0.2, 0.25) is 0 Å². The Morgan fingerprint density at radius 2 is 2.06 bits per heavy atom. The van der Waals surface area contributed by atoms with Crippen molar-refractivity contribution in [2.45, 2.75) is 25.4 Å². The van der Waals surface area contributed by atoms with Gasteiger partial charge in [0.15, 0.2) is 0 Å². The SMILES string of the molecule is CNCCC(C)(O)Cc1ccccc1OC. The number of aliphatic hydroxyl groups is 1. The second kappa shape index (κ2) is 5.87. The third-order valence-corrected chi connectivity index (χ3v) is 2.68. The van der Waals surface area contributed by atoms with Crippen LogP contribution in [0.1, 0.15) is 18.9 Å². The maximum atomic E-state index is 10.2. The first kappa shape index (κ1) is 13.0. The van der Waals surface area contributed by atoms with Crippen LogP contribution in [0.5, 0.6) is 5.75 Å². The molecule has 16 heavy (non-hydrogen) atoms. The van der Waals surface area contributed by atoms with E-state index in [0.29, 0.717) is 6.42 Å². The van der Waals surface area contributed by atoms with Gasteiger partial charge in [0.05, 0.1) is 12.7 Å². The number of hydrogen-bond donors (Lipinski definition) is 2. The van der Waals surface area contributed by atoms with Crippen LogP contribution in [0, 0.1) is 0 Å². The summed E-state index contributed by atoms with van der Waals surface area (Å²) < 4.78 is 5.27. The molecule has 90 valence electrons. The fraction of sp³-hybridized carbons (Fsp3) is 0.538. The van der Waals surface area contributed by atoms with E-state index in [9.17, 15) is 5.11 Å². The topological polar surface area (TPSA) is 41.5 Å². The van der Waals surface area contributed by atoms with Crippen LogP contribution in [-0.2, 0) is 6.42 Å². The largest absolute Gasteiger partial charge is 0.496 e. The van der Waals surface area contributed by atoms with Gasteiger partial charge in [-0.05, 0) is 38.6 Å². The minimum atomic E-state index is -0.697. The van der Waals surface area contributed by atoms with E-state index in [1.165, 1.54) is 0 Å². The Labute approximate surface area is 97.4 Å². The molecule has 0 spiro atoms. The predicted octanol–water partition coefficient (Wildman–Crippen LogP) is 1.60. The zero-order valence-electron chi connectivity index (χ0n) is 10.3. The Balaban J connectivity index is 2.71. The van der Waals surface area contributed by atoms with Crippen LogP contribution >= 0.6 is 0 Å². The van der Waals surface area contributed by atoms with Crippen LogP contribution in [0.2, 0.25) is 0 Å². The molecule has 0 saturated carbocycles. The maximum Gasteiger partial charge on any atom is 0.122 e. The van der Waals surface area contributed by atoms with Crippen molar-refractivity contribution in [3.05, 3.63) is 29.8 Å². The first-order valence-electron chi connectivity index (χ1n) is 5.58. The van der Waals surface area contributed by atoms with Gasteiger partial charge < -0.3 is 15.2 Å². The molecule has 1 atom stereocenters. The van der Waals surface area contributed by atoms with E-state index < -0.39 is 5.60 Å². The molecule has 0 radical (unpaired) electrons. The Kier molecular flexibility index (Phi) is 4.77. The highest BCUT2D eigenvalue weighted by atomic mass is 16.5. The lowest BCUT2D eigenvalue weighted by atomic mass is 9.93. The summed E-state index contributed by atoms with van der Waals surface area (Å²) in [7, 11) is 3.54. The van der Waals surface area contributed by atoms with Crippen molar-refractivity contribution < 1.29 is 9.84 Å². The van der Waals surface area contributed by atoms with Gasteiger partial charge in [0.1, 0.15) is 5.75 Å². The minimum absolute atomic E-state index is 0.610. The molecule has 0 aliphatic rings. The molecule has 3 nitrogen and oxygen atoms in total. The molecular formula is C13H21NO2. The molecule has 0 heterocycles. The fourth-order valence-electron chi connectivity index (χ4n) is 1.74. The van der Waals surface area contributed by atoms with Gasteiger partial charge in [-0.1, -0.05) is 18.2 Å². The summed E-state index contributed by atoms with van der Waals surface area (Å²) in [6, 6.07) is 7.81. The number of nitrogens with one attached hydrogen (secondary N) is 1. The number of para-hydroxylation sites is 1. The summed E-state index contributed by atoms with van der Waals surface area (Å²) in [4.78, 5) is 0. The van der Waals surface area contributed by atoms with Crippen molar-refractivity contribution in [2.24, 2.45) is 0 Å². The number of hydrogen-bond acceptors (Lipinski definition) is 3. The summed E-state index contributed by atoms with van der Waals surface area (Å²) in [5.41, 5.74) is 0.351. The van der Waals surface area contributed by atoms with Gasteiger partial charge in [-0.25, -0.2) is 0 Å². The Morgan fingerprint density at radius 3 is 2.69 bits per heavy atom. The van der Waals surface area contributed by atoms with E-state index in [-0.39, 0.29) is 0 Å². The molecule has 3 heteroatoms. The predicted molar refractivity (Wildman–Crippen MR) is 65.9 cm³/mol. The van der Waals surface area contributed by atoms with Crippen LogP contribution in [0.25, 0.3) is 0 Å². The standard InChI is InChI=1S/C13H21NO2/c1-13(15,8-9-14-2)10-11-6-4-5-7-12(11)16-3/h4-7,14-15H,8-10H2,1-3H3. The van der Waals surface area contributed by atoms with E-state index >= 15 is 0 Å². The normalized spacial score (nSPS) is 14.5. The number of methoxy groups -OCH3 is 1. The van der Waals surface area contributed by atoms with E-state index in [0.717, 1.165) is 24.3 Å². The van der Waals surface area contributed by atoms with Crippen molar-refractivity contribution in [2.75, 3.05) is 20.7 Å². The summed E-state index contributed by atoms with van der Waals surface area (Å²) in [6.07, 6.45) is 1.33. The molecule has 0 aromatic heterocycles. The molecule has 0 bridgehead atoms. The van der Waals surface area contributed by atoms with Crippen LogP contribution in [0.3, 0.4) is 0 Å². The smallest absolute Gasteiger partial charge is 0.122 e. The van der Waals surface area contributed by atoms with Gasteiger partial charge >= 0.3 is 0 Å². The molecule has 2 N–H and O–H groups in total. The van der Waals surface area contributed by atoms with Crippen molar-refractivity contribution in [1.82, 2.24) is 5.32 Å². The molecule has 1 rings (SSSR count). The molecule has 1 aromatic rings. The first-order valence-corrected chi connectivity index (χ1v) is 5.58. The minimum Gasteiger partial charge on any atom is -0.496 e. The van der Waals surface area contributed by atoms with Gasteiger partial charge in [-0.15, -0.1) is 0 Å². The highest BCUT2D eigenvalue weighted by molar-refractivity contribution is 5.34. The maximum absolute atomic E-state index is 10.2. The zero-order valence-corrected chi connectivity index (χ0v) is 10.3. The van der Waals surface area contributed by atoms with Crippen LogP contribution in [0.4, 0.5) is 0 Å². The molecule has 0 aliphatic carbocycles. The molecule has 1 unspecified atom stereocenters. The Morgan fingerprint density at radius 1 is 1.38 bits per heavy atom. The van der Waals surface area contributed by atoms with Crippen molar-refractivity contribution in [3.63, 3.8) is 0 Å². The monoisotopic (exact) mass is 223 g/mol. The molecule has 0 saturated heterocycles. The summed E-state index contributed by atoms with van der Waals surface area (Å²) in [5, 5.41) is 13.3. The van der Waals surface area contributed by atoms with E-state index in [1.54, 1.807) is 7.11 Å². The summed E-state index contributed by atoms with van der Waals surface area (Å²) >= 11 is 0. The quantitative estimate of drug-likeness (QED) is 0.769. The van der Waals surface area contributed by atoms with Gasteiger partial charge in [-0.2, -0.15) is 0 Å². The first-order chi connectivity index (χ1) is 7.59. The van der Waals surface area contributed by atoms with E-state index in [4.69, 9.17) is 4.74 Å². The lowest BCUT2D eigenvalue weighted by Gasteiger charge is -2.24. The number of rotatable bonds is 6. The zero-order chi connectivity index (χ0) is 12.0. The number of benzene rings is 1. The van der Waals surface area contributed by atoms with Crippen molar-refractivity contribution in [3.8, 4) is 5.75 Å².